The van der Waals surface area contributed by atoms with E-state index in [9.17, 15) is 9.59 Å². The van der Waals surface area contributed by atoms with Gasteiger partial charge in [0.15, 0.2) is 5.78 Å². The summed E-state index contributed by atoms with van der Waals surface area (Å²) < 4.78 is 5.29. The van der Waals surface area contributed by atoms with Gasteiger partial charge in [-0.3, -0.25) is 4.79 Å². The number of amides is 1. The normalized spacial score (nSPS) is 22.3. The Bertz CT molecular complexity index is 322. The molecule has 0 atom stereocenters. The van der Waals surface area contributed by atoms with Gasteiger partial charge in [0, 0.05) is 12.0 Å². The van der Waals surface area contributed by atoms with Crippen molar-refractivity contribution in [3.63, 3.8) is 0 Å². The molecule has 102 valence electrons. The van der Waals surface area contributed by atoms with Crippen LogP contribution < -0.4 is 5.32 Å². The number of carbonyl (C=O) groups excluding carboxylic acids is 2. The molecule has 1 amide bonds. The molecular formula is C13H20ClNO3. The Hall–Kier alpha value is -0.770. The largest absolute Gasteiger partial charge is 0.446 e. The number of alkyl halides is 1. The number of alkyl carbamates (subject to hydrolysis) is 1. The molecule has 2 aliphatic rings. The molecule has 18 heavy (non-hydrogen) atoms. The fourth-order valence-electron chi connectivity index (χ4n) is 2.74. The molecule has 0 unspecified atom stereocenters. The smallest absolute Gasteiger partial charge is 0.407 e. The predicted molar refractivity (Wildman–Crippen MR) is 68.8 cm³/mol. The van der Waals surface area contributed by atoms with Gasteiger partial charge in [0.2, 0.25) is 0 Å². The third kappa shape index (κ3) is 2.97. The molecule has 0 heterocycles. The maximum absolute atomic E-state index is 11.7. The van der Waals surface area contributed by atoms with E-state index in [0.29, 0.717) is 6.54 Å². The van der Waals surface area contributed by atoms with E-state index in [1.807, 2.05) is 0 Å². The second-order valence-electron chi connectivity index (χ2n) is 5.36. The van der Waals surface area contributed by atoms with Gasteiger partial charge in [-0.1, -0.05) is 6.42 Å². The number of rotatable bonds is 5. The molecule has 5 heteroatoms. The predicted octanol–water partition coefficient (Wildman–Crippen LogP) is 2.63. The van der Waals surface area contributed by atoms with Crippen LogP contribution in [0.3, 0.4) is 0 Å². The monoisotopic (exact) mass is 273 g/mol. The lowest BCUT2D eigenvalue weighted by Gasteiger charge is -2.39. The summed E-state index contributed by atoms with van der Waals surface area (Å²) in [5.41, 5.74) is -0.420. The summed E-state index contributed by atoms with van der Waals surface area (Å²) in [6.45, 7) is 0.365. The van der Waals surface area contributed by atoms with Crippen molar-refractivity contribution in [3.05, 3.63) is 0 Å². The molecule has 0 radical (unpaired) electrons. The molecule has 0 aromatic heterocycles. The van der Waals surface area contributed by atoms with E-state index >= 15 is 0 Å². The Kier molecular flexibility index (Phi) is 4.49. The first kappa shape index (κ1) is 13.7. The van der Waals surface area contributed by atoms with Crippen molar-refractivity contribution in [3.8, 4) is 0 Å². The standard InChI is InChI=1S/C13H20ClNO3/c14-8-11(16)13(6-3-7-13)9-15-12(17)18-10-4-1-2-5-10/h10H,1-9H2,(H,15,17). The molecule has 2 saturated carbocycles. The molecule has 0 spiro atoms. The van der Waals surface area contributed by atoms with Gasteiger partial charge in [0.1, 0.15) is 6.10 Å². The van der Waals surface area contributed by atoms with Gasteiger partial charge < -0.3 is 10.1 Å². The summed E-state index contributed by atoms with van der Waals surface area (Å²) in [5.74, 6) is 0.0656. The summed E-state index contributed by atoms with van der Waals surface area (Å²) in [7, 11) is 0. The molecule has 0 bridgehead atoms. The van der Waals surface area contributed by atoms with Gasteiger partial charge in [-0.25, -0.2) is 4.79 Å². The van der Waals surface area contributed by atoms with Crippen molar-refractivity contribution < 1.29 is 14.3 Å². The van der Waals surface area contributed by atoms with E-state index in [1.165, 1.54) is 0 Å². The van der Waals surface area contributed by atoms with E-state index < -0.39 is 11.5 Å². The fourth-order valence-corrected chi connectivity index (χ4v) is 3.02. The van der Waals surface area contributed by atoms with Gasteiger partial charge in [-0.05, 0) is 38.5 Å². The highest BCUT2D eigenvalue weighted by atomic mass is 35.5. The van der Waals surface area contributed by atoms with Crippen molar-refractivity contribution in [1.29, 1.82) is 0 Å². The summed E-state index contributed by atoms with van der Waals surface area (Å²) in [6.07, 6.45) is 6.52. The minimum Gasteiger partial charge on any atom is -0.446 e. The zero-order valence-electron chi connectivity index (χ0n) is 10.5. The Balaban J connectivity index is 1.75. The van der Waals surface area contributed by atoms with Crippen LogP contribution in [-0.4, -0.2) is 30.4 Å². The van der Waals surface area contributed by atoms with Gasteiger partial charge in [-0.2, -0.15) is 0 Å². The molecule has 2 aliphatic carbocycles. The second-order valence-corrected chi connectivity index (χ2v) is 5.62. The van der Waals surface area contributed by atoms with Crippen LogP contribution in [0.4, 0.5) is 4.79 Å². The highest BCUT2D eigenvalue weighted by Crippen LogP contribution is 2.41. The summed E-state index contributed by atoms with van der Waals surface area (Å²) in [5, 5.41) is 2.73. The van der Waals surface area contributed by atoms with Gasteiger partial charge in [0.05, 0.1) is 5.88 Å². The Morgan fingerprint density at radius 2 is 1.89 bits per heavy atom. The van der Waals surface area contributed by atoms with Crippen LogP contribution in [0.5, 0.6) is 0 Å². The highest BCUT2D eigenvalue weighted by Gasteiger charge is 2.43. The number of halogens is 1. The summed E-state index contributed by atoms with van der Waals surface area (Å²) >= 11 is 5.61. The fraction of sp³-hybridized carbons (Fsp3) is 0.846. The van der Waals surface area contributed by atoms with Crippen LogP contribution in [-0.2, 0) is 9.53 Å². The van der Waals surface area contributed by atoms with E-state index in [1.54, 1.807) is 0 Å². The van der Waals surface area contributed by atoms with Crippen molar-refractivity contribution in [2.24, 2.45) is 5.41 Å². The number of nitrogens with one attached hydrogen (secondary N) is 1. The number of hydrogen-bond acceptors (Lipinski definition) is 3. The third-order valence-corrected chi connectivity index (χ3v) is 4.41. The van der Waals surface area contributed by atoms with Gasteiger partial charge in [0.25, 0.3) is 0 Å². The van der Waals surface area contributed by atoms with Crippen LogP contribution in [0.2, 0.25) is 0 Å². The lowest BCUT2D eigenvalue weighted by molar-refractivity contribution is -0.130. The summed E-state index contributed by atoms with van der Waals surface area (Å²) in [4.78, 5) is 23.4. The Morgan fingerprint density at radius 3 is 2.39 bits per heavy atom. The average molecular weight is 274 g/mol. The maximum Gasteiger partial charge on any atom is 0.407 e. The maximum atomic E-state index is 11.7. The lowest BCUT2D eigenvalue weighted by atomic mass is 9.66. The topological polar surface area (TPSA) is 55.4 Å². The van der Waals surface area contributed by atoms with Crippen LogP contribution in [0, 0.1) is 5.41 Å². The van der Waals surface area contributed by atoms with Gasteiger partial charge >= 0.3 is 6.09 Å². The molecule has 0 aliphatic heterocycles. The third-order valence-electron chi connectivity index (χ3n) is 4.17. The van der Waals surface area contributed by atoms with Crippen molar-refractivity contribution in [1.82, 2.24) is 5.32 Å². The van der Waals surface area contributed by atoms with Crippen LogP contribution in [0.25, 0.3) is 0 Å². The van der Waals surface area contributed by atoms with E-state index in [4.69, 9.17) is 16.3 Å². The van der Waals surface area contributed by atoms with Crippen LogP contribution in [0.15, 0.2) is 0 Å². The molecule has 1 N–H and O–H groups in total. The van der Waals surface area contributed by atoms with E-state index in [-0.39, 0.29) is 17.8 Å². The number of ketones is 1. The Morgan fingerprint density at radius 1 is 1.22 bits per heavy atom. The molecule has 0 aromatic rings. The van der Waals surface area contributed by atoms with Crippen LogP contribution in [0.1, 0.15) is 44.9 Å². The van der Waals surface area contributed by atoms with E-state index in [0.717, 1.165) is 44.9 Å². The summed E-state index contributed by atoms with van der Waals surface area (Å²) in [6, 6.07) is 0. The number of hydrogen-bond donors (Lipinski definition) is 1. The zero-order valence-corrected chi connectivity index (χ0v) is 11.3. The molecular weight excluding hydrogens is 254 g/mol. The first-order chi connectivity index (χ1) is 8.66. The minimum absolute atomic E-state index is 0.0271. The van der Waals surface area contributed by atoms with E-state index in [2.05, 4.69) is 5.32 Å². The first-order valence-corrected chi connectivity index (χ1v) is 7.23. The number of carbonyl (C=O) groups is 2. The Labute approximate surface area is 112 Å². The zero-order chi connectivity index (χ0) is 13.0. The quantitative estimate of drug-likeness (QED) is 0.784. The molecule has 4 nitrogen and oxygen atoms in total. The van der Waals surface area contributed by atoms with Crippen LogP contribution >= 0.6 is 11.6 Å². The first-order valence-electron chi connectivity index (χ1n) is 6.70. The number of Topliss-reactive ketones (excluding diaryl/α,β-unsaturated/α-hetero) is 1. The molecule has 0 saturated heterocycles. The SMILES string of the molecule is O=C(NCC1(C(=O)CCl)CCC1)OC1CCCC1. The highest BCUT2D eigenvalue weighted by molar-refractivity contribution is 6.28. The lowest BCUT2D eigenvalue weighted by Crippen LogP contribution is -2.48. The molecule has 0 aromatic carbocycles. The van der Waals surface area contributed by atoms with Crippen molar-refractivity contribution in [2.75, 3.05) is 12.4 Å². The minimum atomic E-state index is -0.420. The molecule has 2 rings (SSSR count). The molecule has 2 fully saturated rings. The second kappa shape index (κ2) is 5.91. The number of ether oxygens (including phenoxy) is 1. The van der Waals surface area contributed by atoms with Crippen molar-refractivity contribution >= 4 is 23.5 Å². The van der Waals surface area contributed by atoms with Gasteiger partial charge in [-0.15, -0.1) is 11.6 Å². The average Bonchev–Trinajstić information content (AvgIpc) is 2.79. The van der Waals surface area contributed by atoms with Crippen molar-refractivity contribution in [2.45, 2.75) is 51.0 Å².